The van der Waals surface area contributed by atoms with E-state index in [0.717, 1.165) is 11.3 Å². The predicted octanol–water partition coefficient (Wildman–Crippen LogP) is 2.68. The Morgan fingerprint density at radius 2 is 2.00 bits per heavy atom. The van der Waals surface area contributed by atoms with Gasteiger partial charge in [0.25, 0.3) is 5.91 Å². The Labute approximate surface area is 131 Å². The SMILES string of the molecule is COc1ccc2nc3c(C(=O)n4ccnc4)cccc3nc2c1. The third-order valence-electron chi connectivity index (χ3n) is 3.64. The van der Waals surface area contributed by atoms with E-state index in [1.807, 2.05) is 24.3 Å². The van der Waals surface area contributed by atoms with E-state index >= 15 is 0 Å². The molecule has 0 aliphatic rings. The molecule has 6 nitrogen and oxygen atoms in total. The maximum Gasteiger partial charge on any atom is 0.265 e. The number of benzene rings is 2. The van der Waals surface area contributed by atoms with Gasteiger partial charge in [0.15, 0.2) is 0 Å². The van der Waals surface area contributed by atoms with Crippen molar-refractivity contribution in [2.24, 2.45) is 0 Å². The number of ether oxygens (including phenoxy) is 1. The zero-order chi connectivity index (χ0) is 15.8. The summed E-state index contributed by atoms with van der Waals surface area (Å²) in [6, 6.07) is 10.9. The topological polar surface area (TPSA) is 69.9 Å². The monoisotopic (exact) mass is 304 g/mol. The molecule has 0 aliphatic carbocycles. The molecule has 0 fully saturated rings. The van der Waals surface area contributed by atoms with Gasteiger partial charge in [-0.3, -0.25) is 9.36 Å². The number of methoxy groups -OCH3 is 1. The smallest absolute Gasteiger partial charge is 0.265 e. The first kappa shape index (κ1) is 13.4. The Balaban J connectivity index is 1.96. The van der Waals surface area contributed by atoms with Gasteiger partial charge in [0.05, 0.1) is 29.2 Å². The van der Waals surface area contributed by atoms with Gasteiger partial charge in [0.1, 0.15) is 17.6 Å². The summed E-state index contributed by atoms with van der Waals surface area (Å²) < 4.78 is 6.64. The van der Waals surface area contributed by atoms with Gasteiger partial charge in [-0.05, 0) is 24.3 Å². The number of fused-ring (bicyclic) bond motifs is 2. The first-order valence-corrected chi connectivity index (χ1v) is 7.03. The molecule has 0 saturated heterocycles. The third-order valence-corrected chi connectivity index (χ3v) is 3.64. The number of rotatable bonds is 2. The maximum atomic E-state index is 12.6. The second-order valence-electron chi connectivity index (χ2n) is 5.03. The van der Waals surface area contributed by atoms with Crippen molar-refractivity contribution in [2.45, 2.75) is 0 Å². The van der Waals surface area contributed by atoms with E-state index in [4.69, 9.17) is 4.74 Å². The molecule has 0 spiro atoms. The minimum absolute atomic E-state index is 0.185. The fourth-order valence-corrected chi connectivity index (χ4v) is 2.49. The summed E-state index contributed by atoms with van der Waals surface area (Å²) in [4.78, 5) is 25.7. The molecular weight excluding hydrogens is 292 g/mol. The highest BCUT2D eigenvalue weighted by molar-refractivity contribution is 6.06. The van der Waals surface area contributed by atoms with Crippen LogP contribution in [0, 0.1) is 0 Å². The van der Waals surface area contributed by atoms with Crippen molar-refractivity contribution in [3.63, 3.8) is 0 Å². The molecule has 23 heavy (non-hydrogen) atoms. The van der Waals surface area contributed by atoms with E-state index in [0.29, 0.717) is 22.1 Å². The van der Waals surface area contributed by atoms with Crippen LogP contribution < -0.4 is 4.74 Å². The molecule has 112 valence electrons. The fraction of sp³-hybridized carbons (Fsp3) is 0.0588. The van der Waals surface area contributed by atoms with E-state index in [1.54, 1.807) is 31.6 Å². The molecule has 4 rings (SSSR count). The van der Waals surface area contributed by atoms with Crippen LogP contribution in [0.5, 0.6) is 5.75 Å². The number of aromatic nitrogens is 4. The zero-order valence-corrected chi connectivity index (χ0v) is 12.3. The molecule has 0 N–H and O–H groups in total. The van der Waals surface area contributed by atoms with E-state index in [9.17, 15) is 4.79 Å². The molecule has 4 aromatic rings. The summed E-state index contributed by atoms with van der Waals surface area (Å²) in [5, 5.41) is 0. The minimum atomic E-state index is -0.185. The Bertz CT molecular complexity index is 1030. The Hall–Kier alpha value is -3.28. The Kier molecular flexibility index (Phi) is 3.01. The number of imidazole rings is 1. The second kappa shape index (κ2) is 5.17. The quantitative estimate of drug-likeness (QED) is 0.532. The number of carbonyl (C=O) groups is 1. The van der Waals surface area contributed by atoms with Crippen LogP contribution >= 0.6 is 0 Å². The van der Waals surface area contributed by atoms with Crippen molar-refractivity contribution >= 4 is 28.0 Å². The highest BCUT2D eigenvalue weighted by Gasteiger charge is 2.14. The number of nitrogens with zero attached hydrogens (tertiary/aromatic N) is 4. The fourth-order valence-electron chi connectivity index (χ4n) is 2.49. The van der Waals surface area contributed by atoms with Crippen LogP contribution in [-0.4, -0.2) is 32.5 Å². The van der Waals surface area contributed by atoms with Crippen LogP contribution in [0.2, 0.25) is 0 Å². The van der Waals surface area contributed by atoms with Gasteiger partial charge in [-0.1, -0.05) is 6.07 Å². The minimum Gasteiger partial charge on any atom is -0.497 e. The predicted molar refractivity (Wildman–Crippen MR) is 85.6 cm³/mol. The van der Waals surface area contributed by atoms with Crippen molar-refractivity contribution in [3.05, 3.63) is 60.7 Å². The Morgan fingerprint density at radius 1 is 1.09 bits per heavy atom. The molecule has 2 heterocycles. The zero-order valence-electron chi connectivity index (χ0n) is 12.3. The molecule has 0 amide bonds. The van der Waals surface area contributed by atoms with Crippen molar-refractivity contribution in [3.8, 4) is 5.75 Å². The lowest BCUT2D eigenvalue weighted by Crippen LogP contribution is -2.11. The molecule has 0 aliphatic heterocycles. The van der Waals surface area contributed by atoms with Crippen LogP contribution in [0.1, 0.15) is 10.4 Å². The highest BCUT2D eigenvalue weighted by atomic mass is 16.5. The van der Waals surface area contributed by atoms with Gasteiger partial charge in [-0.25, -0.2) is 15.0 Å². The maximum absolute atomic E-state index is 12.6. The van der Waals surface area contributed by atoms with Crippen molar-refractivity contribution in [1.29, 1.82) is 0 Å². The average Bonchev–Trinajstić information content (AvgIpc) is 3.13. The highest BCUT2D eigenvalue weighted by Crippen LogP contribution is 2.23. The molecule has 6 heteroatoms. The van der Waals surface area contributed by atoms with Gasteiger partial charge in [-0.2, -0.15) is 0 Å². The largest absolute Gasteiger partial charge is 0.497 e. The molecule has 0 radical (unpaired) electrons. The van der Waals surface area contributed by atoms with Gasteiger partial charge >= 0.3 is 0 Å². The van der Waals surface area contributed by atoms with E-state index in [-0.39, 0.29) is 5.91 Å². The summed E-state index contributed by atoms with van der Waals surface area (Å²) in [7, 11) is 1.61. The summed E-state index contributed by atoms with van der Waals surface area (Å²) >= 11 is 0. The molecule has 2 aromatic carbocycles. The summed E-state index contributed by atoms with van der Waals surface area (Å²) in [6.07, 6.45) is 4.65. The second-order valence-corrected chi connectivity index (χ2v) is 5.03. The van der Waals surface area contributed by atoms with Gasteiger partial charge in [0.2, 0.25) is 0 Å². The van der Waals surface area contributed by atoms with Crippen LogP contribution in [0.25, 0.3) is 22.1 Å². The molecule has 0 saturated carbocycles. The van der Waals surface area contributed by atoms with E-state index in [1.165, 1.54) is 10.9 Å². The number of para-hydroxylation sites is 1. The number of carbonyl (C=O) groups excluding carboxylic acids is 1. The van der Waals surface area contributed by atoms with Crippen molar-refractivity contribution in [2.75, 3.05) is 7.11 Å². The van der Waals surface area contributed by atoms with Crippen LogP contribution in [0.4, 0.5) is 0 Å². The summed E-state index contributed by atoms with van der Waals surface area (Å²) in [5.74, 6) is 0.534. The van der Waals surface area contributed by atoms with Gasteiger partial charge in [0, 0.05) is 18.5 Å². The summed E-state index contributed by atoms with van der Waals surface area (Å²) in [6.45, 7) is 0. The van der Waals surface area contributed by atoms with Gasteiger partial charge < -0.3 is 4.74 Å². The molecule has 0 bridgehead atoms. The molecule has 2 aromatic heterocycles. The van der Waals surface area contributed by atoms with E-state index < -0.39 is 0 Å². The van der Waals surface area contributed by atoms with Crippen molar-refractivity contribution < 1.29 is 9.53 Å². The van der Waals surface area contributed by atoms with Crippen LogP contribution in [-0.2, 0) is 0 Å². The van der Waals surface area contributed by atoms with Gasteiger partial charge in [-0.15, -0.1) is 0 Å². The summed E-state index contributed by atoms with van der Waals surface area (Å²) in [5.41, 5.74) is 3.17. The lowest BCUT2D eigenvalue weighted by atomic mass is 10.1. The first-order chi connectivity index (χ1) is 11.3. The average molecular weight is 304 g/mol. The van der Waals surface area contributed by atoms with Crippen LogP contribution in [0.15, 0.2) is 55.1 Å². The standard InChI is InChI=1S/C17H12N4O2/c1-23-11-5-6-13-15(9-11)19-14-4-2-3-12(16(14)20-13)17(22)21-8-7-18-10-21/h2-10H,1H3. The normalized spacial score (nSPS) is 11.0. The van der Waals surface area contributed by atoms with Crippen molar-refractivity contribution in [1.82, 2.24) is 19.5 Å². The first-order valence-electron chi connectivity index (χ1n) is 7.03. The lowest BCUT2D eigenvalue weighted by molar-refractivity contribution is 0.0961. The third kappa shape index (κ3) is 2.20. The number of hydrogen-bond acceptors (Lipinski definition) is 5. The van der Waals surface area contributed by atoms with Crippen LogP contribution in [0.3, 0.4) is 0 Å². The lowest BCUT2D eigenvalue weighted by Gasteiger charge is -2.07. The molecule has 0 unspecified atom stereocenters. The molecular formula is C17H12N4O2. The Morgan fingerprint density at radius 3 is 2.78 bits per heavy atom. The number of hydrogen-bond donors (Lipinski definition) is 0. The molecule has 0 atom stereocenters. The van der Waals surface area contributed by atoms with E-state index in [2.05, 4.69) is 15.0 Å².